The van der Waals surface area contributed by atoms with E-state index >= 15 is 0 Å². The van der Waals surface area contributed by atoms with E-state index in [9.17, 15) is 4.79 Å². The van der Waals surface area contributed by atoms with E-state index in [2.05, 4.69) is 5.32 Å². The Bertz CT molecular complexity index is 500. The number of aliphatic hydroxyl groups excluding tert-OH is 1. The van der Waals surface area contributed by atoms with Crippen molar-refractivity contribution < 1.29 is 14.6 Å². The zero-order chi connectivity index (χ0) is 16.0. The molecule has 1 fully saturated rings. The van der Waals surface area contributed by atoms with E-state index < -0.39 is 5.41 Å². The van der Waals surface area contributed by atoms with Crippen LogP contribution in [0.25, 0.3) is 0 Å². The van der Waals surface area contributed by atoms with Crippen molar-refractivity contribution in [1.29, 1.82) is 0 Å². The first-order chi connectivity index (χ1) is 10.6. The van der Waals surface area contributed by atoms with Crippen molar-refractivity contribution in [3.05, 3.63) is 34.9 Å². The van der Waals surface area contributed by atoms with E-state index in [1.54, 1.807) is 0 Å². The molecule has 4 nitrogen and oxygen atoms in total. The minimum Gasteiger partial charge on any atom is -0.396 e. The predicted molar refractivity (Wildman–Crippen MR) is 87.1 cm³/mol. The number of hydrogen-bond donors (Lipinski definition) is 2. The molecular formula is C17H24ClNO3. The molecule has 1 aliphatic heterocycles. The first kappa shape index (κ1) is 17.3. The van der Waals surface area contributed by atoms with Gasteiger partial charge in [-0.3, -0.25) is 4.79 Å². The third-order valence-electron chi connectivity index (χ3n) is 4.39. The maximum atomic E-state index is 12.9. The van der Waals surface area contributed by atoms with Crippen molar-refractivity contribution >= 4 is 17.5 Å². The maximum Gasteiger partial charge on any atom is 0.230 e. The Balaban J connectivity index is 2.16. The number of nitrogens with one attached hydrogen (secondary N) is 1. The average molecular weight is 326 g/mol. The molecule has 1 unspecified atom stereocenters. The van der Waals surface area contributed by atoms with Gasteiger partial charge in [-0.25, -0.2) is 0 Å². The number of rotatable bonds is 6. The first-order valence-corrected chi connectivity index (χ1v) is 8.19. The fourth-order valence-corrected chi connectivity index (χ4v) is 3.10. The molecule has 2 N–H and O–H groups in total. The highest BCUT2D eigenvalue weighted by Gasteiger charge is 2.41. The second-order valence-electron chi connectivity index (χ2n) is 6.03. The molecule has 122 valence electrons. The number of carbonyl (C=O) groups excluding carboxylic acids is 1. The van der Waals surface area contributed by atoms with Crippen LogP contribution in [0.2, 0.25) is 5.02 Å². The van der Waals surface area contributed by atoms with E-state index in [1.807, 2.05) is 31.2 Å². The van der Waals surface area contributed by atoms with Crippen LogP contribution in [-0.2, 0) is 14.9 Å². The molecule has 1 saturated heterocycles. The van der Waals surface area contributed by atoms with Crippen LogP contribution in [0.1, 0.15) is 31.7 Å². The van der Waals surface area contributed by atoms with Crippen molar-refractivity contribution in [2.75, 3.05) is 26.4 Å². The summed E-state index contributed by atoms with van der Waals surface area (Å²) >= 11 is 6.11. The summed E-state index contributed by atoms with van der Waals surface area (Å²) in [5.41, 5.74) is 0.387. The standard InChI is InChI=1S/C17H24ClNO3/c1-13(5-8-20)12-19-16(21)17(6-9-22-10-7-17)14-3-2-4-15(18)11-14/h2-4,11,13,20H,5-10,12H2,1H3,(H,19,21). The quantitative estimate of drug-likeness (QED) is 0.845. The van der Waals surface area contributed by atoms with Crippen molar-refractivity contribution in [2.45, 2.75) is 31.6 Å². The SMILES string of the molecule is CC(CCO)CNC(=O)C1(c2cccc(Cl)c2)CCOCC1. The molecule has 1 atom stereocenters. The van der Waals surface area contributed by atoms with E-state index in [4.69, 9.17) is 21.4 Å². The zero-order valence-corrected chi connectivity index (χ0v) is 13.7. The molecule has 5 heteroatoms. The molecule has 0 radical (unpaired) electrons. The van der Waals surface area contributed by atoms with Gasteiger partial charge in [-0.05, 0) is 42.9 Å². The number of halogens is 1. The Kier molecular flexibility index (Phi) is 6.24. The smallest absolute Gasteiger partial charge is 0.230 e. The highest BCUT2D eigenvalue weighted by molar-refractivity contribution is 6.30. The average Bonchev–Trinajstić information content (AvgIpc) is 2.53. The Labute approximate surface area is 136 Å². The molecule has 0 saturated carbocycles. The molecule has 0 aromatic heterocycles. The van der Waals surface area contributed by atoms with Crippen LogP contribution >= 0.6 is 11.6 Å². The molecule has 1 aliphatic rings. The summed E-state index contributed by atoms with van der Waals surface area (Å²) in [5, 5.41) is 12.7. The van der Waals surface area contributed by atoms with Crippen LogP contribution in [-0.4, -0.2) is 37.4 Å². The van der Waals surface area contributed by atoms with Gasteiger partial charge in [0.15, 0.2) is 0 Å². The zero-order valence-electron chi connectivity index (χ0n) is 13.0. The number of benzene rings is 1. The van der Waals surface area contributed by atoms with Gasteiger partial charge in [0.1, 0.15) is 0 Å². The Hall–Kier alpha value is -1.10. The maximum absolute atomic E-state index is 12.9. The fraction of sp³-hybridized carbons (Fsp3) is 0.588. The number of ether oxygens (including phenoxy) is 1. The summed E-state index contributed by atoms with van der Waals surface area (Å²) < 4.78 is 5.44. The number of hydrogen-bond acceptors (Lipinski definition) is 3. The van der Waals surface area contributed by atoms with Gasteiger partial charge in [0.05, 0.1) is 5.41 Å². The van der Waals surface area contributed by atoms with Crippen LogP contribution in [0.3, 0.4) is 0 Å². The van der Waals surface area contributed by atoms with Crippen LogP contribution in [0.15, 0.2) is 24.3 Å². The second-order valence-corrected chi connectivity index (χ2v) is 6.47. The van der Waals surface area contributed by atoms with Crippen molar-refractivity contribution in [3.63, 3.8) is 0 Å². The summed E-state index contributed by atoms with van der Waals surface area (Å²) in [6.07, 6.45) is 2.01. The van der Waals surface area contributed by atoms with Gasteiger partial charge in [-0.1, -0.05) is 30.7 Å². The van der Waals surface area contributed by atoms with Crippen LogP contribution < -0.4 is 5.32 Å². The topological polar surface area (TPSA) is 58.6 Å². The van der Waals surface area contributed by atoms with E-state index in [-0.39, 0.29) is 18.4 Å². The van der Waals surface area contributed by atoms with Crippen molar-refractivity contribution in [3.8, 4) is 0 Å². The van der Waals surface area contributed by atoms with Gasteiger partial charge < -0.3 is 15.2 Å². The Morgan fingerprint density at radius 3 is 2.82 bits per heavy atom. The first-order valence-electron chi connectivity index (χ1n) is 7.81. The van der Waals surface area contributed by atoms with Crippen LogP contribution in [0, 0.1) is 5.92 Å². The lowest BCUT2D eigenvalue weighted by atomic mass is 9.73. The summed E-state index contributed by atoms with van der Waals surface area (Å²) in [4.78, 5) is 12.9. The lowest BCUT2D eigenvalue weighted by molar-refractivity contribution is -0.130. The molecular weight excluding hydrogens is 302 g/mol. The molecule has 2 rings (SSSR count). The van der Waals surface area contributed by atoms with Gasteiger partial charge in [0.2, 0.25) is 5.91 Å². The summed E-state index contributed by atoms with van der Waals surface area (Å²) in [6, 6.07) is 7.55. The van der Waals surface area contributed by atoms with Crippen molar-refractivity contribution in [2.24, 2.45) is 5.92 Å². The summed E-state index contributed by atoms with van der Waals surface area (Å²) in [6.45, 7) is 3.89. The minimum atomic E-state index is -0.567. The highest BCUT2D eigenvalue weighted by atomic mass is 35.5. The van der Waals surface area contributed by atoms with Gasteiger partial charge >= 0.3 is 0 Å². The van der Waals surface area contributed by atoms with E-state index in [0.717, 1.165) is 5.56 Å². The Morgan fingerprint density at radius 1 is 1.45 bits per heavy atom. The molecule has 0 aliphatic carbocycles. The molecule has 1 amide bonds. The predicted octanol–water partition coefficient (Wildman–Crippen LogP) is 2.52. The number of carbonyl (C=O) groups is 1. The van der Waals surface area contributed by atoms with Crippen LogP contribution in [0.5, 0.6) is 0 Å². The minimum absolute atomic E-state index is 0.0304. The largest absolute Gasteiger partial charge is 0.396 e. The molecule has 0 bridgehead atoms. The van der Waals surface area contributed by atoms with E-state index in [1.165, 1.54) is 0 Å². The second kappa shape index (κ2) is 7.95. The fourth-order valence-electron chi connectivity index (χ4n) is 2.91. The van der Waals surface area contributed by atoms with E-state index in [0.29, 0.717) is 44.0 Å². The van der Waals surface area contributed by atoms with Gasteiger partial charge in [0, 0.05) is 31.4 Å². The van der Waals surface area contributed by atoms with Crippen LogP contribution in [0.4, 0.5) is 0 Å². The van der Waals surface area contributed by atoms with Gasteiger partial charge in [-0.2, -0.15) is 0 Å². The molecule has 1 heterocycles. The molecule has 1 aromatic rings. The van der Waals surface area contributed by atoms with Gasteiger partial charge in [0.25, 0.3) is 0 Å². The lowest BCUT2D eigenvalue weighted by Crippen LogP contribution is -2.49. The number of amides is 1. The normalized spacial score (nSPS) is 18.7. The molecule has 1 aromatic carbocycles. The third kappa shape index (κ3) is 4.00. The number of aliphatic hydroxyl groups is 1. The highest BCUT2D eigenvalue weighted by Crippen LogP contribution is 2.36. The van der Waals surface area contributed by atoms with Gasteiger partial charge in [-0.15, -0.1) is 0 Å². The molecule has 0 spiro atoms. The summed E-state index contributed by atoms with van der Waals surface area (Å²) in [7, 11) is 0. The molecule has 22 heavy (non-hydrogen) atoms. The Morgan fingerprint density at radius 2 is 2.18 bits per heavy atom. The monoisotopic (exact) mass is 325 g/mol. The van der Waals surface area contributed by atoms with Crippen molar-refractivity contribution in [1.82, 2.24) is 5.32 Å². The summed E-state index contributed by atoms with van der Waals surface area (Å²) in [5.74, 6) is 0.285. The third-order valence-corrected chi connectivity index (χ3v) is 4.63. The lowest BCUT2D eigenvalue weighted by Gasteiger charge is -2.36.